The molecule has 1 aromatic carbocycles. The van der Waals surface area contributed by atoms with E-state index in [0.29, 0.717) is 25.0 Å². The van der Waals surface area contributed by atoms with Crippen molar-refractivity contribution in [2.45, 2.75) is 19.4 Å². The van der Waals surface area contributed by atoms with Gasteiger partial charge in [-0.15, -0.1) is 0 Å². The van der Waals surface area contributed by atoms with Crippen molar-refractivity contribution >= 4 is 5.97 Å². The number of hydrogen-bond donors (Lipinski definition) is 1. The minimum atomic E-state index is -0.966. The van der Waals surface area contributed by atoms with Gasteiger partial charge in [0, 0.05) is 19.7 Å². The molecule has 1 N–H and O–H groups in total. The molecule has 1 atom stereocenters. The first-order chi connectivity index (χ1) is 9.56. The Labute approximate surface area is 120 Å². The van der Waals surface area contributed by atoms with Gasteiger partial charge in [-0.2, -0.15) is 0 Å². The maximum absolute atomic E-state index is 11.0. The van der Waals surface area contributed by atoms with Gasteiger partial charge in [0.1, 0.15) is 11.3 Å². The van der Waals surface area contributed by atoms with Gasteiger partial charge >= 0.3 is 5.97 Å². The fourth-order valence-electron chi connectivity index (χ4n) is 1.85. The van der Waals surface area contributed by atoms with E-state index in [0.717, 1.165) is 13.0 Å². The third-order valence-electron chi connectivity index (χ3n) is 3.19. The number of rotatable bonds is 9. The number of aromatic carboxylic acids is 1. The molecule has 0 aliphatic heterocycles. The van der Waals surface area contributed by atoms with Crippen molar-refractivity contribution in [2.75, 3.05) is 33.9 Å². The van der Waals surface area contributed by atoms with Crippen molar-refractivity contribution in [3.8, 4) is 5.75 Å². The highest BCUT2D eigenvalue weighted by Crippen LogP contribution is 2.17. The molecule has 0 spiro atoms. The van der Waals surface area contributed by atoms with E-state index >= 15 is 0 Å². The average molecular weight is 281 g/mol. The number of benzene rings is 1. The van der Waals surface area contributed by atoms with Gasteiger partial charge in [0.2, 0.25) is 0 Å². The summed E-state index contributed by atoms with van der Waals surface area (Å²) in [6, 6.07) is 7.04. The summed E-state index contributed by atoms with van der Waals surface area (Å²) < 4.78 is 10.7. The first-order valence-electron chi connectivity index (χ1n) is 6.70. The first-order valence-corrected chi connectivity index (χ1v) is 6.70. The molecule has 0 radical (unpaired) electrons. The Hall–Kier alpha value is -1.59. The van der Waals surface area contributed by atoms with Crippen LogP contribution in [0.3, 0.4) is 0 Å². The lowest BCUT2D eigenvalue weighted by Gasteiger charge is -2.23. The van der Waals surface area contributed by atoms with Crippen LogP contribution in [0.5, 0.6) is 5.75 Å². The maximum atomic E-state index is 11.0. The number of likely N-dealkylation sites (N-methyl/N-ethyl adjacent to an activating group) is 1. The minimum absolute atomic E-state index is 0.202. The van der Waals surface area contributed by atoms with Crippen LogP contribution in [0.15, 0.2) is 24.3 Å². The molecule has 0 aromatic heterocycles. The standard InChI is InChI=1S/C15H23NO4/c1-12(11-19-3)16(2)9-6-10-20-14-8-5-4-7-13(14)15(17)18/h4-5,7-8,12H,6,9-11H2,1-3H3,(H,17,18). The summed E-state index contributed by atoms with van der Waals surface area (Å²) >= 11 is 0. The Morgan fingerprint density at radius 2 is 2.10 bits per heavy atom. The van der Waals surface area contributed by atoms with Crippen molar-refractivity contribution in [1.29, 1.82) is 0 Å². The van der Waals surface area contributed by atoms with Crippen molar-refractivity contribution in [3.05, 3.63) is 29.8 Å². The number of carboxylic acids is 1. The van der Waals surface area contributed by atoms with Crippen LogP contribution in [-0.4, -0.2) is 55.9 Å². The predicted molar refractivity (Wildman–Crippen MR) is 77.5 cm³/mol. The number of ether oxygens (including phenoxy) is 2. The summed E-state index contributed by atoms with van der Waals surface area (Å²) in [6.07, 6.45) is 0.832. The average Bonchev–Trinajstić information content (AvgIpc) is 2.43. The number of para-hydroxylation sites is 1. The second-order valence-electron chi connectivity index (χ2n) is 4.79. The molecule has 112 valence electrons. The molecule has 0 amide bonds. The lowest BCUT2D eigenvalue weighted by molar-refractivity contribution is 0.0691. The van der Waals surface area contributed by atoms with E-state index in [-0.39, 0.29) is 5.56 Å². The number of nitrogens with zero attached hydrogens (tertiary/aromatic N) is 1. The molecular weight excluding hydrogens is 258 g/mol. The molecule has 0 fully saturated rings. The highest BCUT2D eigenvalue weighted by molar-refractivity contribution is 5.90. The third kappa shape index (κ3) is 5.19. The molecule has 1 rings (SSSR count). The summed E-state index contributed by atoms with van der Waals surface area (Å²) in [5.41, 5.74) is 0.202. The van der Waals surface area contributed by atoms with Gasteiger partial charge in [0.15, 0.2) is 0 Å². The highest BCUT2D eigenvalue weighted by Gasteiger charge is 2.11. The van der Waals surface area contributed by atoms with Crippen molar-refractivity contribution in [3.63, 3.8) is 0 Å². The Morgan fingerprint density at radius 3 is 2.75 bits per heavy atom. The predicted octanol–water partition coefficient (Wildman–Crippen LogP) is 2.12. The van der Waals surface area contributed by atoms with E-state index < -0.39 is 5.97 Å². The lowest BCUT2D eigenvalue weighted by atomic mass is 10.2. The van der Waals surface area contributed by atoms with Gasteiger partial charge in [0.25, 0.3) is 0 Å². The van der Waals surface area contributed by atoms with E-state index in [4.69, 9.17) is 14.6 Å². The van der Waals surface area contributed by atoms with E-state index in [9.17, 15) is 4.79 Å². The lowest BCUT2D eigenvalue weighted by Crippen LogP contribution is -2.34. The molecule has 0 aliphatic carbocycles. The summed E-state index contributed by atoms with van der Waals surface area (Å²) in [5.74, 6) is -0.543. The normalized spacial score (nSPS) is 12.4. The Bertz CT molecular complexity index is 422. The molecule has 0 bridgehead atoms. The van der Waals surface area contributed by atoms with Gasteiger partial charge < -0.3 is 19.5 Å². The van der Waals surface area contributed by atoms with Crippen LogP contribution in [0, 0.1) is 0 Å². The summed E-state index contributed by atoms with van der Waals surface area (Å²) in [5, 5.41) is 9.04. The second kappa shape index (κ2) is 8.55. The fourth-order valence-corrected chi connectivity index (χ4v) is 1.85. The summed E-state index contributed by atoms with van der Waals surface area (Å²) in [7, 11) is 3.73. The largest absolute Gasteiger partial charge is 0.493 e. The van der Waals surface area contributed by atoms with Crippen molar-refractivity contribution in [2.24, 2.45) is 0 Å². The van der Waals surface area contributed by atoms with Gasteiger partial charge in [-0.1, -0.05) is 12.1 Å². The van der Waals surface area contributed by atoms with Gasteiger partial charge in [-0.05, 0) is 32.5 Å². The first kappa shape index (κ1) is 16.5. The zero-order valence-corrected chi connectivity index (χ0v) is 12.3. The van der Waals surface area contributed by atoms with E-state index in [1.165, 1.54) is 0 Å². The third-order valence-corrected chi connectivity index (χ3v) is 3.19. The van der Waals surface area contributed by atoms with E-state index in [2.05, 4.69) is 11.8 Å². The molecule has 5 nitrogen and oxygen atoms in total. The molecule has 1 unspecified atom stereocenters. The van der Waals surface area contributed by atoms with Crippen LogP contribution in [0.4, 0.5) is 0 Å². The second-order valence-corrected chi connectivity index (χ2v) is 4.79. The van der Waals surface area contributed by atoms with E-state index in [1.54, 1.807) is 31.4 Å². The maximum Gasteiger partial charge on any atom is 0.339 e. The zero-order chi connectivity index (χ0) is 15.0. The monoisotopic (exact) mass is 281 g/mol. The Morgan fingerprint density at radius 1 is 1.40 bits per heavy atom. The van der Waals surface area contributed by atoms with Gasteiger partial charge in [0.05, 0.1) is 13.2 Å². The highest BCUT2D eigenvalue weighted by atomic mass is 16.5. The van der Waals surface area contributed by atoms with Crippen LogP contribution in [0.2, 0.25) is 0 Å². The molecular formula is C15H23NO4. The van der Waals surface area contributed by atoms with Gasteiger partial charge in [-0.25, -0.2) is 4.79 Å². The Balaban J connectivity index is 2.36. The minimum Gasteiger partial charge on any atom is -0.493 e. The van der Waals surface area contributed by atoms with Crippen LogP contribution < -0.4 is 4.74 Å². The molecule has 5 heteroatoms. The summed E-state index contributed by atoms with van der Waals surface area (Å²) in [4.78, 5) is 13.2. The molecule has 20 heavy (non-hydrogen) atoms. The van der Waals surface area contributed by atoms with Crippen LogP contribution in [0.25, 0.3) is 0 Å². The number of hydrogen-bond acceptors (Lipinski definition) is 4. The zero-order valence-electron chi connectivity index (χ0n) is 12.3. The van der Waals surface area contributed by atoms with Crippen LogP contribution in [0.1, 0.15) is 23.7 Å². The van der Waals surface area contributed by atoms with E-state index in [1.807, 2.05) is 7.05 Å². The quantitative estimate of drug-likeness (QED) is 0.703. The number of carbonyl (C=O) groups is 1. The van der Waals surface area contributed by atoms with Gasteiger partial charge in [-0.3, -0.25) is 0 Å². The topological polar surface area (TPSA) is 59.0 Å². The number of carboxylic acid groups (broad SMARTS) is 1. The molecule has 0 saturated heterocycles. The Kier molecular flexibility index (Phi) is 7.04. The molecule has 1 aromatic rings. The molecule has 0 heterocycles. The molecule has 0 aliphatic rings. The fraction of sp³-hybridized carbons (Fsp3) is 0.533. The molecule has 0 saturated carbocycles. The summed E-state index contributed by atoms with van der Waals surface area (Å²) in [6.45, 7) is 4.16. The van der Waals surface area contributed by atoms with Crippen LogP contribution >= 0.6 is 0 Å². The van der Waals surface area contributed by atoms with Crippen LogP contribution in [-0.2, 0) is 4.74 Å². The smallest absolute Gasteiger partial charge is 0.339 e. The van der Waals surface area contributed by atoms with Crippen molar-refractivity contribution < 1.29 is 19.4 Å². The SMILES string of the molecule is COCC(C)N(C)CCCOc1ccccc1C(=O)O. The van der Waals surface area contributed by atoms with Crippen molar-refractivity contribution in [1.82, 2.24) is 4.90 Å². The number of methoxy groups -OCH3 is 1.